The lowest BCUT2D eigenvalue weighted by Crippen LogP contribution is -2.41. The highest BCUT2D eigenvalue weighted by Crippen LogP contribution is 2.33. The number of benzene rings is 2. The molecular weight excluding hydrogens is 420 g/mol. The summed E-state index contributed by atoms with van der Waals surface area (Å²) in [7, 11) is 0. The first kappa shape index (κ1) is 22.6. The smallest absolute Gasteiger partial charge is 0.274 e. The number of rotatable bonds is 8. The molecule has 170 valence electrons. The van der Waals surface area contributed by atoms with Crippen molar-refractivity contribution in [1.29, 1.82) is 0 Å². The van der Waals surface area contributed by atoms with Crippen LogP contribution in [0.4, 0.5) is 0 Å². The van der Waals surface area contributed by atoms with Crippen molar-refractivity contribution in [2.45, 2.75) is 59.0 Å². The van der Waals surface area contributed by atoms with E-state index in [9.17, 15) is 4.79 Å². The van der Waals surface area contributed by atoms with Gasteiger partial charge in [-0.15, -0.1) is 0 Å². The van der Waals surface area contributed by atoms with E-state index in [0.717, 1.165) is 42.1 Å². The van der Waals surface area contributed by atoms with Gasteiger partial charge in [-0.3, -0.25) is 4.79 Å². The highest BCUT2D eigenvalue weighted by molar-refractivity contribution is 7.20. The summed E-state index contributed by atoms with van der Waals surface area (Å²) >= 11 is 1.62. The lowest BCUT2D eigenvalue weighted by Gasteiger charge is -2.31. The fourth-order valence-electron chi connectivity index (χ4n) is 4.05. The molecule has 0 spiro atoms. The average molecular weight is 453 g/mol. The number of aryl methyl sites for hydroxylation is 2. The normalized spacial score (nSPS) is 14.7. The third-order valence-corrected chi connectivity index (χ3v) is 7.10. The molecule has 0 unspecified atom stereocenters. The molecule has 4 rings (SSSR count). The van der Waals surface area contributed by atoms with Gasteiger partial charge >= 0.3 is 0 Å². The molecule has 6 heteroatoms. The minimum atomic E-state index is 0.0636. The predicted molar refractivity (Wildman–Crippen MR) is 130 cm³/mol. The standard InChI is InChI=1S/C26H32N2O3S/c1-4-5-6-16-30-22-9-7-8-20(17-22)25(29)28-14-12-21(13-15-28)31-26-27-23-18(2)10-11-19(3)24(23)32-26/h7-11,17,21H,4-6,12-16H2,1-3H3. The summed E-state index contributed by atoms with van der Waals surface area (Å²) < 4.78 is 13.2. The molecule has 3 aromatic rings. The van der Waals surface area contributed by atoms with Gasteiger partial charge in [-0.25, -0.2) is 4.98 Å². The van der Waals surface area contributed by atoms with E-state index < -0.39 is 0 Å². The summed E-state index contributed by atoms with van der Waals surface area (Å²) in [5, 5.41) is 0.732. The predicted octanol–water partition coefficient (Wildman–Crippen LogP) is 6.17. The van der Waals surface area contributed by atoms with Crippen molar-refractivity contribution in [2.24, 2.45) is 0 Å². The van der Waals surface area contributed by atoms with Crippen molar-refractivity contribution in [3.63, 3.8) is 0 Å². The van der Waals surface area contributed by atoms with Crippen LogP contribution < -0.4 is 9.47 Å². The molecule has 1 aliphatic heterocycles. The molecule has 0 atom stereocenters. The SMILES string of the molecule is CCCCCOc1cccc(C(=O)N2CCC(Oc3nc4c(C)ccc(C)c4s3)CC2)c1. The summed E-state index contributed by atoms with van der Waals surface area (Å²) in [5.74, 6) is 0.834. The van der Waals surface area contributed by atoms with Crippen LogP contribution in [0.2, 0.25) is 0 Å². The minimum absolute atomic E-state index is 0.0636. The van der Waals surface area contributed by atoms with Crippen LogP contribution in [0, 0.1) is 13.8 Å². The summed E-state index contributed by atoms with van der Waals surface area (Å²) in [6.45, 7) is 8.44. The number of nitrogens with zero attached hydrogens (tertiary/aromatic N) is 2. The van der Waals surface area contributed by atoms with Crippen molar-refractivity contribution in [3.8, 4) is 10.9 Å². The van der Waals surface area contributed by atoms with Gasteiger partial charge in [-0.05, 0) is 49.6 Å². The Kier molecular flexibility index (Phi) is 7.30. The van der Waals surface area contributed by atoms with Crippen LogP contribution in [0.5, 0.6) is 10.9 Å². The van der Waals surface area contributed by atoms with E-state index in [1.807, 2.05) is 29.2 Å². The molecule has 5 nitrogen and oxygen atoms in total. The molecule has 1 amide bonds. The summed E-state index contributed by atoms with van der Waals surface area (Å²) in [4.78, 5) is 19.6. The van der Waals surface area contributed by atoms with E-state index in [-0.39, 0.29) is 12.0 Å². The van der Waals surface area contributed by atoms with E-state index in [1.165, 1.54) is 22.2 Å². The number of aromatic nitrogens is 1. The van der Waals surface area contributed by atoms with Crippen LogP contribution in [0.25, 0.3) is 10.2 Å². The topological polar surface area (TPSA) is 51.7 Å². The zero-order valence-electron chi connectivity index (χ0n) is 19.2. The third-order valence-electron chi connectivity index (χ3n) is 6.02. The second-order valence-electron chi connectivity index (χ2n) is 8.55. The molecule has 1 aliphatic rings. The molecule has 1 aromatic heterocycles. The molecule has 1 fully saturated rings. The van der Waals surface area contributed by atoms with Crippen LogP contribution >= 0.6 is 11.3 Å². The highest BCUT2D eigenvalue weighted by atomic mass is 32.1. The van der Waals surface area contributed by atoms with Gasteiger partial charge in [-0.2, -0.15) is 0 Å². The first-order chi connectivity index (χ1) is 15.5. The largest absolute Gasteiger partial charge is 0.494 e. The lowest BCUT2D eigenvalue weighted by molar-refractivity contribution is 0.0595. The number of unbranched alkanes of at least 4 members (excludes halogenated alkanes) is 2. The first-order valence-corrected chi connectivity index (χ1v) is 12.4. The Balaban J connectivity index is 1.32. The van der Waals surface area contributed by atoms with Crippen LogP contribution in [0.3, 0.4) is 0 Å². The lowest BCUT2D eigenvalue weighted by atomic mass is 10.1. The molecule has 0 N–H and O–H groups in total. The molecule has 0 saturated carbocycles. The van der Waals surface area contributed by atoms with Crippen molar-refractivity contribution >= 4 is 27.5 Å². The molecule has 2 heterocycles. The van der Waals surface area contributed by atoms with E-state index in [4.69, 9.17) is 14.5 Å². The van der Waals surface area contributed by atoms with Gasteiger partial charge < -0.3 is 14.4 Å². The van der Waals surface area contributed by atoms with E-state index in [1.54, 1.807) is 11.3 Å². The maximum atomic E-state index is 13.0. The molecule has 2 aromatic carbocycles. The van der Waals surface area contributed by atoms with Gasteiger partial charge in [0.1, 0.15) is 11.9 Å². The third kappa shape index (κ3) is 5.23. The number of amides is 1. The highest BCUT2D eigenvalue weighted by Gasteiger charge is 2.26. The number of fused-ring (bicyclic) bond motifs is 1. The zero-order chi connectivity index (χ0) is 22.5. The van der Waals surface area contributed by atoms with Crippen LogP contribution in [0.1, 0.15) is 60.5 Å². The Morgan fingerprint density at radius 2 is 1.91 bits per heavy atom. The number of carbonyl (C=O) groups excluding carboxylic acids is 1. The molecule has 0 bridgehead atoms. The molecule has 32 heavy (non-hydrogen) atoms. The van der Waals surface area contributed by atoms with Crippen molar-refractivity contribution in [3.05, 3.63) is 53.1 Å². The Morgan fingerprint density at radius 1 is 1.12 bits per heavy atom. The molecule has 1 saturated heterocycles. The van der Waals surface area contributed by atoms with Gasteiger partial charge in [-0.1, -0.05) is 49.3 Å². The second-order valence-corrected chi connectivity index (χ2v) is 9.51. The van der Waals surface area contributed by atoms with Gasteiger partial charge in [0.15, 0.2) is 0 Å². The molecule has 0 aliphatic carbocycles. The van der Waals surface area contributed by atoms with Gasteiger partial charge in [0.05, 0.1) is 16.8 Å². The Morgan fingerprint density at radius 3 is 2.66 bits per heavy atom. The fourth-order valence-corrected chi connectivity index (χ4v) is 5.08. The average Bonchev–Trinajstić information content (AvgIpc) is 3.25. The van der Waals surface area contributed by atoms with E-state index >= 15 is 0 Å². The first-order valence-electron chi connectivity index (χ1n) is 11.6. The summed E-state index contributed by atoms with van der Waals surface area (Å²) in [5.41, 5.74) is 4.13. The molecule has 0 radical (unpaired) electrons. The number of thiazole rings is 1. The number of likely N-dealkylation sites (tertiary alicyclic amines) is 1. The molecular formula is C26H32N2O3S. The van der Waals surface area contributed by atoms with Crippen LogP contribution in [-0.2, 0) is 0 Å². The van der Waals surface area contributed by atoms with Crippen molar-refractivity contribution in [1.82, 2.24) is 9.88 Å². The van der Waals surface area contributed by atoms with Crippen molar-refractivity contribution in [2.75, 3.05) is 19.7 Å². The van der Waals surface area contributed by atoms with E-state index in [2.05, 4.69) is 32.9 Å². The van der Waals surface area contributed by atoms with Gasteiger partial charge in [0, 0.05) is 31.5 Å². The minimum Gasteiger partial charge on any atom is -0.494 e. The van der Waals surface area contributed by atoms with Gasteiger partial charge in [0.2, 0.25) is 0 Å². The second kappa shape index (κ2) is 10.3. The van der Waals surface area contributed by atoms with Crippen molar-refractivity contribution < 1.29 is 14.3 Å². The number of piperidine rings is 1. The fraction of sp³-hybridized carbons (Fsp3) is 0.462. The Bertz CT molecular complexity index is 1030. The van der Waals surface area contributed by atoms with E-state index in [0.29, 0.717) is 25.3 Å². The maximum absolute atomic E-state index is 13.0. The summed E-state index contributed by atoms with van der Waals surface area (Å²) in [6, 6.07) is 11.8. The van der Waals surface area contributed by atoms with Gasteiger partial charge in [0.25, 0.3) is 11.1 Å². The number of hydrogen-bond acceptors (Lipinski definition) is 5. The van der Waals surface area contributed by atoms with Crippen LogP contribution in [0.15, 0.2) is 36.4 Å². The summed E-state index contributed by atoms with van der Waals surface area (Å²) in [6.07, 6.45) is 5.08. The number of ether oxygens (including phenoxy) is 2. The van der Waals surface area contributed by atoms with Crippen LogP contribution in [-0.4, -0.2) is 41.6 Å². The quantitative estimate of drug-likeness (QED) is 0.384. The monoisotopic (exact) mass is 452 g/mol. The number of hydrogen-bond donors (Lipinski definition) is 0. The number of carbonyl (C=O) groups is 1. The Labute approximate surface area is 194 Å². The Hall–Kier alpha value is -2.60. The zero-order valence-corrected chi connectivity index (χ0v) is 20.0. The maximum Gasteiger partial charge on any atom is 0.274 e.